The van der Waals surface area contributed by atoms with Gasteiger partial charge in [0.05, 0.1) is 16.1 Å². The molecule has 0 spiro atoms. The molecule has 0 aliphatic carbocycles. The molecule has 4 N–H and O–H groups in total. The van der Waals surface area contributed by atoms with Crippen LogP contribution in [-0.2, 0) is 31.3 Å². The van der Waals surface area contributed by atoms with Crippen LogP contribution in [0, 0.1) is 13.8 Å². The number of aryl methyl sites for hydroxylation is 3. The number of alkyl carbamates (subject to hydrolysis) is 1. The normalized spacial score (nSPS) is 12.3. The van der Waals surface area contributed by atoms with Crippen molar-refractivity contribution in [3.8, 4) is 0 Å². The lowest BCUT2D eigenvalue weighted by molar-refractivity contribution is -0.140. The molecule has 4 aromatic rings. The number of fused-ring (bicyclic) bond motifs is 1. The molecule has 2 heterocycles. The molecule has 4 rings (SSSR count). The van der Waals surface area contributed by atoms with Crippen LogP contribution in [0.1, 0.15) is 32.0 Å². The summed E-state index contributed by atoms with van der Waals surface area (Å²) in [5.74, 6) is -1.39. The molecule has 0 saturated heterocycles. The Morgan fingerprint density at radius 2 is 1.77 bits per heavy atom. The highest BCUT2D eigenvalue weighted by molar-refractivity contribution is 7.89. The monoisotopic (exact) mass is 668 g/mol. The number of nitrogens with one attached hydrogen (secondary N) is 1. The van der Waals surface area contributed by atoms with Crippen molar-refractivity contribution in [3.05, 3.63) is 59.9 Å². The van der Waals surface area contributed by atoms with E-state index in [-0.39, 0.29) is 16.5 Å². The molecule has 0 fully saturated rings. The molecule has 0 bridgehead atoms. The van der Waals surface area contributed by atoms with Gasteiger partial charge in [-0.25, -0.2) is 37.8 Å². The number of carboxylic acids is 1. The number of anilines is 4. The Labute approximate surface area is 271 Å². The maximum atomic E-state index is 13.6. The van der Waals surface area contributed by atoms with Crippen LogP contribution in [0.15, 0.2) is 53.6 Å². The summed E-state index contributed by atoms with van der Waals surface area (Å²) in [4.78, 5) is 48.8. The van der Waals surface area contributed by atoms with Crippen molar-refractivity contribution < 1.29 is 37.4 Å². The van der Waals surface area contributed by atoms with Crippen LogP contribution in [0.25, 0.3) is 10.9 Å². The van der Waals surface area contributed by atoms with E-state index < -0.39 is 46.4 Å². The van der Waals surface area contributed by atoms with E-state index in [9.17, 15) is 27.9 Å². The zero-order chi connectivity index (χ0) is 34.8. The van der Waals surface area contributed by atoms with Gasteiger partial charge >= 0.3 is 18.2 Å². The van der Waals surface area contributed by atoms with Crippen molar-refractivity contribution in [1.82, 2.24) is 25.1 Å². The smallest absolute Gasteiger partial charge is 0.421 e. The third-order valence-electron chi connectivity index (χ3n) is 6.95. The zero-order valence-corrected chi connectivity index (χ0v) is 27.7. The molecule has 0 aliphatic rings. The maximum absolute atomic E-state index is 13.6. The summed E-state index contributed by atoms with van der Waals surface area (Å²) in [6.45, 7) is 7.46. The Kier molecular flexibility index (Phi) is 9.72. The molecule has 16 nitrogen and oxygen atoms in total. The summed E-state index contributed by atoms with van der Waals surface area (Å²) in [7, 11) is -0.619. The summed E-state index contributed by atoms with van der Waals surface area (Å²) in [6.07, 6.45) is -0.819. The van der Waals surface area contributed by atoms with Crippen molar-refractivity contribution in [2.45, 2.75) is 51.2 Å². The van der Waals surface area contributed by atoms with E-state index in [1.807, 2.05) is 32.2 Å². The standard InChI is InChI=1S/C30H36N8O8S/c1-17-8-9-20(15-24(17)47(31,43)44)38(29(42)45-16-23(26(39)40)33-28(41)46-30(3,4)5)27-32-13-12-25(34-27)36(6)19-10-11-21-18(2)37(7)35-22(21)14-19/h8-15,23H,16H2,1-7H3,(H,33,41)(H,39,40)(H2,31,43,44)/t23-/m0/s1. The molecule has 17 heteroatoms. The highest BCUT2D eigenvalue weighted by Gasteiger charge is 2.30. The number of aromatic nitrogens is 4. The van der Waals surface area contributed by atoms with E-state index in [2.05, 4.69) is 20.4 Å². The quantitative estimate of drug-likeness (QED) is 0.233. The molecule has 0 saturated carbocycles. The van der Waals surface area contributed by atoms with E-state index in [0.29, 0.717) is 11.4 Å². The fraction of sp³-hybridized carbons (Fsp3) is 0.333. The van der Waals surface area contributed by atoms with Crippen LogP contribution < -0.4 is 20.3 Å². The van der Waals surface area contributed by atoms with Crippen molar-refractivity contribution in [2.75, 3.05) is 23.5 Å². The average molecular weight is 669 g/mol. The third-order valence-corrected chi connectivity index (χ3v) is 8.01. The highest BCUT2D eigenvalue weighted by atomic mass is 32.2. The third kappa shape index (κ3) is 8.11. The lowest BCUT2D eigenvalue weighted by Gasteiger charge is -2.25. The second-order valence-corrected chi connectivity index (χ2v) is 13.2. The van der Waals surface area contributed by atoms with Crippen molar-refractivity contribution >= 4 is 62.2 Å². The predicted molar refractivity (Wildman–Crippen MR) is 172 cm³/mol. The number of sulfonamides is 1. The largest absolute Gasteiger partial charge is 0.480 e. The van der Waals surface area contributed by atoms with Gasteiger partial charge in [-0.1, -0.05) is 6.07 Å². The molecule has 250 valence electrons. The molecule has 0 unspecified atom stereocenters. The van der Waals surface area contributed by atoms with Gasteiger partial charge in [-0.2, -0.15) is 10.1 Å². The molecule has 0 aliphatic heterocycles. The number of hydrogen-bond acceptors (Lipinski definition) is 11. The Balaban J connectivity index is 1.71. The summed E-state index contributed by atoms with van der Waals surface area (Å²) in [5, 5.41) is 22.7. The molecular weight excluding hydrogens is 632 g/mol. The number of benzene rings is 2. The Morgan fingerprint density at radius 1 is 1.09 bits per heavy atom. The lowest BCUT2D eigenvalue weighted by Crippen LogP contribution is -2.47. The fourth-order valence-corrected chi connectivity index (χ4v) is 5.28. The van der Waals surface area contributed by atoms with Crippen LogP contribution in [-0.4, -0.2) is 76.7 Å². The van der Waals surface area contributed by atoms with Gasteiger partial charge in [-0.15, -0.1) is 0 Å². The van der Waals surface area contributed by atoms with Gasteiger partial charge < -0.3 is 24.8 Å². The first kappa shape index (κ1) is 34.6. The number of primary sulfonamides is 1. The fourth-order valence-electron chi connectivity index (χ4n) is 4.47. The summed E-state index contributed by atoms with van der Waals surface area (Å²) in [5.41, 5.74) is 1.84. The minimum Gasteiger partial charge on any atom is -0.480 e. The number of hydrogen-bond donors (Lipinski definition) is 3. The minimum atomic E-state index is -4.21. The molecule has 2 aromatic carbocycles. The van der Waals surface area contributed by atoms with E-state index in [0.717, 1.165) is 33.3 Å². The number of nitrogens with two attached hydrogens (primary N) is 1. The number of carboxylic acid groups (broad SMARTS) is 1. The minimum absolute atomic E-state index is 0.0400. The number of carbonyl (C=O) groups is 3. The SMILES string of the molecule is Cc1ccc(N(C(=O)OC[C@H](NC(=O)OC(C)(C)C)C(=O)O)c2nccc(N(C)c3ccc4c(C)n(C)nc4c3)n2)cc1S(N)(=O)=O. The van der Waals surface area contributed by atoms with E-state index in [4.69, 9.17) is 14.6 Å². The first-order valence-electron chi connectivity index (χ1n) is 14.2. The topological polar surface area (TPSA) is 212 Å². The molecule has 1 atom stereocenters. The zero-order valence-electron chi connectivity index (χ0n) is 26.9. The van der Waals surface area contributed by atoms with Crippen molar-refractivity contribution in [3.63, 3.8) is 0 Å². The first-order valence-corrected chi connectivity index (χ1v) is 15.7. The van der Waals surface area contributed by atoms with Gasteiger partial charge in [0.25, 0.3) is 0 Å². The highest BCUT2D eigenvalue weighted by Crippen LogP contribution is 2.31. The van der Waals surface area contributed by atoms with Gasteiger partial charge in [0.1, 0.15) is 18.0 Å². The van der Waals surface area contributed by atoms with Crippen LogP contribution in [0.4, 0.5) is 32.7 Å². The van der Waals surface area contributed by atoms with Gasteiger partial charge in [0.2, 0.25) is 16.0 Å². The summed E-state index contributed by atoms with van der Waals surface area (Å²) in [6, 6.07) is 9.60. The van der Waals surface area contributed by atoms with E-state index in [1.165, 1.54) is 25.3 Å². The van der Waals surface area contributed by atoms with Crippen LogP contribution in [0.3, 0.4) is 0 Å². The second kappa shape index (κ2) is 13.2. The van der Waals surface area contributed by atoms with Crippen LogP contribution in [0.5, 0.6) is 0 Å². The molecule has 47 heavy (non-hydrogen) atoms. The molecule has 2 aromatic heterocycles. The second-order valence-electron chi connectivity index (χ2n) is 11.6. The number of carbonyl (C=O) groups excluding carboxylic acids is 2. The molecular formula is C30H36N8O8S. The van der Waals surface area contributed by atoms with Crippen LogP contribution >= 0.6 is 0 Å². The maximum Gasteiger partial charge on any atom is 0.421 e. The summed E-state index contributed by atoms with van der Waals surface area (Å²) >= 11 is 0. The Morgan fingerprint density at radius 3 is 2.40 bits per heavy atom. The Hall–Kier alpha value is -5.29. The average Bonchev–Trinajstić information content (AvgIpc) is 3.26. The van der Waals surface area contributed by atoms with Gasteiger partial charge in [0.15, 0.2) is 6.04 Å². The van der Waals surface area contributed by atoms with E-state index >= 15 is 0 Å². The van der Waals surface area contributed by atoms with Crippen molar-refractivity contribution in [1.29, 1.82) is 0 Å². The lowest BCUT2D eigenvalue weighted by atomic mass is 10.2. The van der Waals surface area contributed by atoms with Gasteiger partial charge in [-0.05, 0) is 76.6 Å². The number of nitrogens with zero attached hydrogens (tertiary/aromatic N) is 6. The molecule has 2 amide bonds. The van der Waals surface area contributed by atoms with Gasteiger partial charge in [0, 0.05) is 37.1 Å². The van der Waals surface area contributed by atoms with Crippen LogP contribution in [0.2, 0.25) is 0 Å². The summed E-state index contributed by atoms with van der Waals surface area (Å²) < 4.78 is 36.8. The Bertz CT molecular complexity index is 1950. The predicted octanol–water partition coefficient (Wildman–Crippen LogP) is 3.65. The number of aliphatic carboxylic acids is 1. The number of rotatable bonds is 9. The first-order chi connectivity index (χ1) is 21.9. The van der Waals surface area contributed by atoms with Gasteiger partial charge in [-0.3, -0.25) is 4.68 Å². The van der Waals surface area contributed by atoms with Crippen molar-refractivity contribution in [2.24, 2.45) is 12.2 Å². The van der Waals surface area contributed by atoms with E-state index in [1.54, 1.807) is 43.5 Å². The number of amides is 2. The molecule has 0 radical (unpaired) electrons. The number of ether oxygens (including phenoxy) is 2.